The number of nitrogens with zero attached hydrogens (tertiary/aromatic N) is 5. The molecule has 1 aliphatic rings. The van der Waals surface area contributed by atoms with Crippen LogP contribution in [0.15, 0.2) is 46.2 Å². The smallest absolute Gasteiger partial charge is 0.323 e. The molecule has 148 valence electrons. The molecule has 1 aromatic carbocycles. The highest BCUT2D eigenvalue weighted by Crippen LogP contribution is 2.21. The molecule has 0 N–H and O–H groups in total. The van der Waals surface area contributed by atoms with Gasteiger partial charge in [-0.15, -0.1) is 0 Å². The summed E-state index contributed by atoms with van der Waals surface area (Å²) in [4.78, 5) is 31.3. The number of piperidine rings is 1. The summed E-state index contributed by atoms with van der Waals surface area (Å²) in [6.07, 6.45) is 5.24. The maximum absolute atomic E-state index is 12.5. The summed E-state index contributed by atoms with van der Waals surface area (Å²) in [5.74, 6) is 0.745. The van der Waals surface area contributed by atoms with Crippen LogP contribution in [0.5, 0.6) is 0 Å². The molecule has 3 aromatic rings. The predicted octanol–water partition coefficient (Wildman–Crippen LogP) is 1.39. The van der Waals surface area contributed by atoms with E-state index >= 15 is 0 Å². The quantitative estimate of drug-likeness (QED) is 0.670. The number of benzene rings is 1. The van der Waals surface area contributed by atoms with Crippen molar-refractivity contribution in [3.63, 3.8) is 0 Å². The molecule has 1 aliphatic heterocycles. The minimum atomic E-state index is -0.344. The Bertz CT molecular complexity index is 1070. The van der Waals surface area contributed by atoms with E-state index in [0.717, 1.165) is 36.5 Å². The predicted molar refractivity (Wildman–Crippen MR) is 110 cm³/mol. The van der Waals surface area contributed by atoms with Gasteiger partial charge in [0.15, 0.2) is 11.2 Å². The lowest BCUT2D eigenvalue weighted by Crippen LogP contribution is -2.38. The van der Waals surface area contributed by atoms with E-state index in [9.17, 15) is 9.59 Å². The Morgan fingerprint density at radius 1 is 1.00 bits per heavy atom. The second-order valence-electron chi connectivity index (χ2n) is 7.79. The maximum atomic E-state index is 12.5. The van der Waals surface area contributed by atoms with E-state index in [1.54, 1.807) is 13.4 Å². The van der Waals surface area contributed by atoms with Gasteiger partial charge in [-0.05, 0) is 43.8 Å². The van der Waals surface area contributed by atoms with Crippen molar-refractivity contribution in [2.75, 3.05) is 19.6 Å². The van der Waals surface area contributed by atoms with E-state index in [-0.39, 0.29) is 11.2 Å². The molecule has 7 nitrogen and oxygen atoms in total. The minimum Gasteiger partial charge on any atom is -0.323 e. The third-order valence-corrected chi connectivity index (χ3v) is 5.95. The van der Waals surface area contributed by atoms with Crippen molar-refractivity contribution in [3.8, 4) is 0 Å². The van der Waals surface area contributed by atoms with E-state index in [2.05, 4.69) is 40.2 Å². The zero-order chi connectivity index (χ0) is 19.7. The molecule has 0 saturated carbocycles. The first-order valence-corrected chi connectivity index (χ1v) is 9.91. The van der Waals surface area contributed by atoms with Crippen LogP contribution in [0.3, 0.4) is 0 Å². The summed E-state index contributed by atoms with van der Waals surface area (Å²) in [5.41, 5.74) is 1.76. The van der Waals surface area contributed by atoms with Gasteiger partial charge < -0.3 is 9.47 Å². The molecule has 1 fully saturated rings. The highest BCUT2D eigenvalue weighted by Gasteiger charge is 2.20. The van der Waals surface area contributed by atoms with Crippen LogP contribution < -0.4 is 11.2 Å². The first-order valence-electron chi connectivity index (χ1n) is 9.91. The maximum Gasteiger partial charge on any atom is 0.332 e. The number of aryl methyl sites for hydroxylation is 1. The second-order valence-corrected chi connectivity index (χ2v) is 7.79. The van der Waals surface area contributed by atoms with Gasteiger partial charge in [-0.3, -0.25) is 13.9 Å². The molecule has 0 spiro atoms. The lowest BCUT2D eigenvalue weighted by molar-refractivity contribution is 0.179. The molecular formula is C21H27N5O2. The second kappa shape index (κ2) is 7.75. The first-order chi connectivity index (χ1) is 13.5. The summed E-state index contributed by atoms with van der Waals surface area (Å²) in [5, 5.41) is 0. The van der Waals surface area contributed by atoms with Crippen LogP contribution in [-0.2, 0) is 27.1 Å². The summed E-state index contributed by atoms with van der Waals surface area (Å²) >= 11 is 0. The van der Waals surface area contributed by atoms with Gasteiger partial charge in [0, 0.05) is 27.2 Å². The molecule has 2 aromatic heterocycles. The molecule has 28 heavy (non-hydrogen) atoms. The molecule has 0 aliphatic carbocycles. The van der Waals surface area contributed by atoms with Crippen LogP contribution >= 0.6 is 0 Å². The molecular weight excluding hydrogens is 354 g/mol. The van der Waals surface area contributed by atoms with Gasteiger partial charge in [0.05, 0.1) is 6.33 Å². The largest absolute Gasteiger partial charge is 0.332 e. The molecule has 0 radical (unpaired) electrons. The normalized spacial score (nSPS) is 16.1. The van der Waals surface area contributed by atoms with Crippen LogP contribution in [0, 0.1) is 5.92 Å². The standard InChI is InChI=1S/C21H27N5O2/c1-23-19-18(20(27)24(2)21(23)28)26(15-22-19)13-12-25-10-8-17(9-11-25)14-16-6-4-3-5-7-16/h3-7,15,17H,8-14H2,1-2H3. The van der Waals surface area contributed by atoms with Crippen LogP contribution in [0.4, 0.5) is 0 Å². The number of aromatic nitrogens is 4. The fourth-order valence-corrected chi connectivity index (χ4v) is 4.18. The van der Waals surface area contributed by atoms with Crippen molar-refractivity contribution in [1.82, 2.24) is 23.6 Å². The molecule has 1 saturated heterocycles. The number of fused-ring (bicyclic) bond motifs is 1. The third-order valence-electron chi connectivity index (χ3n) is 5.95. The molecule has 0 amide bonds. The molecule has 3 heterocycles. The Morgan fingerprint density at radius 3 is 2.43 bits per heavy atom. The summed E-state index contributed by atoms with van der Waals surface area (Å²) in [6, 6.07) is 10.7. The minimum absolute atomic E-state index is 0.280. The van der Waals surface area contributed by atoms with E-state index in [1.165, 1.54) is 30.0 Å². The fraction of sp³-hybridized carbons (Fsp3) is 0.476. The Morgan fingerprint density at radius 2 is 1.71 bits per heavy atom. The summed E-state index contributed by atoms with van der Waals surface area (Å²) < 4.78 is 4.46. The van der Waals surface area contributed by atoms with Crippen LogP contribution in [0.2, 0.25) is 0 Å². The molecule has 7 heteroatoms. The van der Waals surface area contributed by atoms with E-state index in [1.807, 2.05) is 4.57 Å². The Kier molecular flexibility index (Phi) is 5.17. The Hall–Kier alpha value is -2.67. The van der Waals surface area contributed by atoms with Gasteiger partial charge in [-0.2, -0.15) is 0 Å². The van der Waals surface area contributed by atoms with Crippen molar-refractivity contribution in [2.24, 2.45) is 20.0 Å². The van der Waals surface area contributed by atoms with Gasteiger partial charge in [-0.25, -0.2) is 9.78 Å². The van der Waals surface area contributed by atoms with Crippen LogP contribution in [-0.4, -0.2) is 43.2 Å². The Balaban J connectivity index is 1.38. The van der Waals surface area contributed by atoms with E-state index in [4.69, 9.17) is 0 Å². The molecule has 4 rings (SSSR count). The van der Waals surface area contributed by atoms with E-state index < -0.39 is 0 Å². The highest BCUT2D eigenvalue weighted by atomic mass is 16.2. The van der Waals surface area contributed by atoms with Gasteiger partial charge in [-0.1, -0.05) is 30.3 Å². The van der Waals surface area contributed by atoms with Gasteiger partial charge in [0.25, 0.3) is 5.56 Å². The molecule has 0 bridgehead atoms. The average Bonchev–Trinajstić information content (AvgIpc) is 3.15. The number of imidazole rings is 1. The zero-order valence-corrected chi connectivity index (χ0v) is 16.5. The van der Waals surface area contributed by atoms with Crippen molar-refractivity contribution >= 4 is 11.2 Å². The number of rotatable bonds is 5. The van der Waals surface area contributed by atoms with Crippen molar-refractivity contribution in [1.29, 1.82) is 0 Å². The fourth-order valence-electron chi connectivity index (χ4n) is 4.18. The van der Waals surface area contributed by atoms with E-state index in [0.29, 0.717) is 17.7 Å². The van der Waals surface area contributed by atoms with Crippen molar-refractivity contribution in [2.45, 2.75) is 25.8 Å². The topological polar surface area (TPSA) is 65.1 Å². The van der Waals surface area contributed by atoms with Gasteiger partial charge >= 0.3 is 5.69 Å². The highest BCUT2D eigenvalue weighted by molar-refractivity contribution is 5.69. The van der Waals surface area contributed by atoms with Gasteiger partial charge in [0.1, 0.15) is 0 Å². The molecule has 0 atom stereocenters. The lowest BCUT2D eigenvalue weighted by atomic mass is 9.90. The molecule has 0 unspecified atom stereocenters. The monoisotopic (exact) mass is 381 g/mol. The number of likely N-dealkylation sites (tertiary alicyclic amines) is 1. The van der Waals surface area contributed by atoms with Gasteiger partial charge in [0.2, 0.25) is 0 Å². The van der Waals surface area contributed by atoms with Crippen molar-refractivity contribution in [3.05, 3.63) is 63.1 Å². The van der Waals surface area contributed by atoms with Crippen LogP contribution in [0.1, 0.15) is 18.4 Å². The number of hydrogen-bond donors (Lipinski definition) is 0. The first kappa shape index (κ1) is 18.7. The Labute approximate surface area is 163 Å². The average molecular weight is 381 g/mol. The van der Waals surface area contributed by atoms with Crippen molar-refractivity contribution < 1.29 is 0 Å². The SMILES string of the molecule is Cn1c(=O)c2c(ncn2CCN2CCC(Cc3ccccc3)CC2)n(C)c1=O. The lowest BCUT2D eigenvalue weighted by Gasteiger charge is -2.32. The number of hydrogen-bond acceptors (Lipinski definition) is 4. The van der Waals surface area contributed by atoms with Crippen LogP contribution in [0.25, 0.3) is 11.2 Å². The zero-order valence-electron chi connectivity index (χ0n) is 16.5. The third kappa shape index (κ3) is 3.54. The summed E-state index contributed by atoms with van der Waals surface area (Å²) in [6.45, 7) is 3.75. The summed E-state index contributed by atoms with van der Waals surface area (Å²) in [7, 11) is 3.16.